The van der Waals surface area contributed by atoms with E-state index < -0.39 is 0 Å². The molecule has 30 heavy (non-hydrogen) atoms. The lowest BCUT2D eigenvalue weighted by Gasteiger charge is -2.12. The van der Waals surface area contributed by atoms with Gasteiger partial charge in [0.05, 0.1) is 5.69 Å². The van der Waals surface area contributed by atoms with Gasteiger partial charge in [0.1, 0.15) is 5.65 Å². The monoisotopic (exact) mass is 392 g/mol. The molecule has 0 saturated carbocycles. The Hall–Kier alpha value is -3.79. The molecule has 0 amide bonds. The molecule has 0 N–H and O–H groups in total. The van der Waals surface area contributed by atoms with E-state index in [1.165, 1.54) is 5.56 Å². The highest BCUT2D eigenvalue weighted by molar-refractivity contribution is 5.88. The Bertz CT molecular complexity index is 1230. The van der Waals surface area contributed by atoms with Crippen molar-refractivity contribution in [3.63, 3.8) is 0 Å². The van der Waals surface area contributed by atoms with Crippen molar-refractivity contribution >= 4 is 22.8 Å². The van der Waals surface area contributed by atoms with E-state index in [1.807, 2.05) is 48.7 Å². The summed E-state index contributed by atoms with van der Waals surface area (Å²) in [5.74, 6) is 0.707. The van der Waals surface area contributed by atoms with Gasteiger partial charge in [0.15, 0.2) is 5.82 Å². The summed E-state index contributed by atoms with van der Waals surface area (Å²) in [4.78, 5) is 13.5. The Labute approximate surface area is 177 Å². The summed E-state index contributed by atoms with van der Waals surface area (Å²) in [6.07, 6.45) is 8.50. The molecule has 0 unspecified atom stereocenters. The predicted octanol–water partition coefficient (Wildman–Crippen LogP) is 5.92. The zero-order valence-corrected chi connectivity index (χ0v) is 17.3. The van der Waals surface area contributed by atoms with Crippen molar-refractivity contribution < 1.29 is 0 Å². The van der Waals surface area contributed by atoms with E-state index in [2.05, 4.69) is 58.4 Å². The molecule has 4 aromatic rings. The minimum atomic E-state index is 0.707. The Kier molecular flexibility index (Phi) is 5.66. The fourth-order valence-electron chi connectivity index (χ4n) is 3.42. The lowest BCUT2D eigenvalue weighted by atomic mass is 10.1. The van der Waals surface area contributed by atoms with Gasteiger partial charge in [0.2, 0.25) is 0 Å². The molecule has 0 aliphatic carbocycles. The number of aromatic nitrogens is 3. The first-order valence-electron chi connectivity index (χ1n) is 10.0. The summed E-state index contributed by atoms with van der Waals surface area (Å²) in [6, 6.07) is 20.7. The topological polar surface area (TPSA) is 43.1 Å². The first-order chi connectivity index (χ1) is 14.7. The van der Waals surface area contributed by atoms with E-state index in [0.717, 1.165) is 40.0 Å². The van der Waals surface area contributed by atoms with Crippen LogP contribution in [0.1, 0.15) is 18.2 Å². The largest absolute Gasteiger partial charge is 0.297 e. The van der Waals surface area contributed by atoms with Crippen molar-refractivity contribution in [2.45, 2.75) is 13.3 Å². The molecule has 0 aliphatic rings. The van der Waals surface area contributed by atoms with Gasteiger partial charge in [0.25, 0.3) is 0 Å². The molecular weight excluding hydrogens is 368 g/mol. The van der Waals surface area contributed by atoms with Crippen molar-refractivity contribution in [3.05, 3.63) is 96.8 Å². The van der Waals surface area contributed by atoms with E-state index in [1.54, 1.807) is 13.3 Å². The third-order valence-electron chi connectivity index (χ3n) is 5.04. The number of nitrogens with zero attached hydrogens (tertiary/aromatic N) is 4. The molecule has 2 aromatic heterocycles. The van der Waals surface area contributed by atoms with Crippen LogP contribution in [0.5, 0.6) is 0 Å². The molecule has 0 atom stereocenters. The number of aryl methyl sites for hydroxylation is 1. The molecule has 4 nitrogen and oxygen atoms in total. The Morgan fingerprint density at radius 2 is 1.87 bits per heavy atom. The molecule has 0 saturated heterocycles. The van der Waals surface area contributed by atoms with Crippen molar-refractivity contribution in [1.29, 1.82) is 0 Å². The maximum Gasteiger partial charge on any atom is 0.161 e. The van der Waals surface area contributed by atoms with Gasteiger partial charge >= 0.3 is 0 Å². The first-order valence-corrected chi connectivity index (χ1v) is 10.0. The highest BCUT2D eigenvalue weighted by atomic mass is 15.1. The number of allylic oxidation sites excluding steroid dienone is 3. The lowest BCUT2D eigenvalue weighted by Crippen LogP contribution is -2.01. The number of aliphatic imine (C=N–C) groups is 1. The molecule has 2 aromatic carbocycles. The number of hydrogen-bond acceptors (Lipinski definition) is 3. The third kappa shape index (κ3) is 3.85. The van der Waals surface area contributed by atoms with Crippen LogP contribution in [-0.4, -0.2) is 27.8 Å². The van der Waals surface area contributed by atoms with Crippen LogP contribution in [0.4, 0.5) is 0 Å². The minimum Gasteiger partial charge on any atom is -0.297 e. The summed E-state index contributed by atoms with van der Waals surface area (Å²) in [6.45, 7) is 6.43. The normalized spacial score (nSPS) is 11.7. The van der Waals surface area contributed by atoms with Gasteiger partial charge in [-0.2, -0.15) is 0 Å². The van der Waals surface area contributed by atoms with Crippen molar-refractivity contribution in [2.75, 3.05) is 7.05 Å². The Morgan fingerprint density at radius 3 is 2.57 bits per heavy atom. The molecule has 0 radical (unpaired) electrons. The molecule has 0 bridgehead atoms. The SMILES string of the molecule is C=C(/C=C\C=NC)c1cc2cnc(-c3ccccc3)nc2n1-c1ccc(CC)cc1. The zero-order valence-electron chi connectivity index (χ0n) is 17.3. The smallest absolute Gasteiger partial charge is 0.161 e. The fraction of sp³-hybridized carbons (Fsp3) is 0.115. The zero-order chi connectivity index (χ0) is 20.9. The van der Waals surface area contributed by atoms with Crippen LogP contribution in [-0.2, 0) is 6.42 Å². The van der Waals surface area contributed by atoms with Crippen molar-refractivity contribution in [3.8, 4) is 17.1 Å². The van der Waals surface area contributed by atoms with E-state index in [9.17, 15) is 0 Å². The van der Waals surface area contributed by atoms with E-state index in [-0.39, 0.29) is 0 Å². The minimum absolute atomic E-state index is 0.707. The van der Waals surface area contributed by atoms with Gasteiger partial charge in [0, 0.05) is 36.1 Å². The molecule has 0 aliphatic heterocycles. The summed E-state index contributed by atoms with van der Waals surface area (Å²) >= 11 is 0. The molecule has 0 spiro atoms. The second kappa shape index (κ2) is 8.70. The molecule has 148 valence electrons. The highest BCUT2D eigenvalue weighted by Gasteiger charge is 2.15. The van der Waals surface area contributed by atoms with Crippen LogP contribution in [0.3, 0.4) is 0 Å². The standard InChI is InChI=1S/C26H24N4/c1-4-20-12-14-23(15-13-20)30-24(19(2)9-8-16-27-3)17-22-18-28-25(29-26(22)30)21-10-6-5-7-11-21/h5-18H,2,4H2,1,3H3/b9-8-,27-16?. The Balaban J connectivity index is 1.92. The molecule has 2 heterocycles. The van der Waals surface area contributed by atoms with Gasteiger partial charge in [-0.15, -0.1) is 0 Å². The van der Waals surface area contributed by atoms with E-state index >= 15 is 0 Å². The lowest BCUT2D eigenvalue weighted by molar-refractivity contribution is 1.05. The molecule has 0 fully saturated rings. The number of fused-ring (bicyclic) bond motifs is 1. The summed E-state index contributed by atoms with van der Waals surface area (Å²) in [7, 11) is 1.75. The second-order valence-corrected chi connectivity index (χ2v) is 7.02. The maximum atomic E-state index is 4.92. The number of hydrogen-bond donors (Lipinski definition) is 0. The second-order valence-electron chi connectivity index (χ2n) is 7.02. The molecule has 4 heteroatoms. The summed E-state index contributed by atoms with van der Waals surface area (Å²) in [5.41, 5.74) is 6.07. The predicted molar refractivity (Wildman–Crippen MR) is 126 cm³/mol. The molecule has 4 rings (SSSR count). The van der Waals surface area contributed by atoms with Gasteiger partial charge in [-0.25, -0.2) is 9.97 Å². The highest BCUT2D eigenvalue weighted by Crippen LogP contribution is 2.29. The average Bonchev–Trinajstić information content (AvgIpc) is 3.18. The quantitative estimate of drug-likeness (QED) is 0.302. The van der Waals surface area contributed by atoms with Crippen molar-refractivity contribution in [2.24, 2.45) is 4.99 Å². The first kappa shape index (κ1) is 19.5. The van der Waals surface area contributed by atoms with E-state index in [0.29, 0.717) is 5.82 Å². The van der Waals surface area contributed by atoms with Crippen LogP contribution in [0.25, 0.3) is 33.7 Å². The van der Waals surface area contributed by atoms with Crippen LogP contribution < -0.4 is 0 Å². The van der Waals surface area contributed by atoms with Crippen LogP contribution in [0.15, 0.2) is 90.6 Å². The summed E-state index contributed by atoms with van der Waals surface area (Å²) < 4.78 is 2.15. The van der Waals surface area contributed by atoms with Crippen LogP contribution >= 0.6 is 0 Å². The number of benzene rings is 2. The van der Waals surface area contributed by atoms with E-state index in [4.69, 9.17) is 4.98 Å². The Morgan fingerprint density at radius 1 is 1.10 bits per heavy atom. The van der Waals surface area contributed by atoms with Crippen molar-refractivity contribution in [1.82, 2.24) is 14.5 Å². The fourth-order valence-corrected chi connectivity index (χ4v) is 3.42. The maximum absolute atomic E-state index is 4.92. The van der Waals surface area contributed by atoms with Crippen LogP contribution in [0, 0.1) is 0 Å². The van der Waals surface area contributed by atoms with Crippen LogP contribution in [0.2, 0.25) is 0 Å². The summed E-state index contributed by atoms with van der Waals surface area (Å²) in [5, 5.41) is 0.975. The average molecular weight is 393 g/mol. The number of rotatable bonds is 6. The molecular formula is C26H24N4. The van der Waals surface area contributed by atoms with Gasteiger partial charge in [-0.05, 0) is 41.8 Å². The van der Waals surface area contributed by atoms with Gasteiger partial charge in [-0.3, -0.25) is 9.56 Å². The third-order valence-corrected chi connectivity index (χ3v) is 5.04. The van der Waals surface area contributed by atoms with Gasteiger partial charge in [-0.1, -0.05) is 62.0 Å². The van der Waals surface area contributed by atoms with Gasteiger partial charge < -0.3 is 0 Å².